The molecule has 0 spiro atoms. The van der Waals surface area contributed by atoms with Gasteiger partial charge in [-0.3, -0.25) is 9.59 Å². The van der Waals surface area contributed by atoms with Gasteiger partial charge in [-0.2, -0.15) is 0 Å². The molecule has 8 nitrogen and oxygen atoms in total. The lowest BCUT2D eigenvalue weighted by molar-refractivity contribution is -0.142. The third-order valence-corrected chi connectivity index (χ3v) is 4.31. The Labute approximate surface area is 168 Å². The first kappa shape index (κ1) is 22.1. The van der Waals surface area contributed by atoms with Gasteiger partial charge in [0.05, 0.1) is 0 Å². The minimum atomic E-state index is -1.60. The predicted octanol–water partition coefficient (Wildman–Crippen LogP) is -0.774. The molecule has 0 aliphatic heterocycles. The zero-order chi connectivity index (χ0) is 21.4. The first-order valence-corrected chi connectivity index (χ1v) is 9.05. The van der Waals surface area contributed by atoms with E-state index in [1.165, 1.54) is 19.1 Å². The summed E-state index contributed by atoms with van der Waals surface area (Å²) in [6.45, 7) is 1.27. The van der Waals surface area contributed by atoms with E-state index in [9.17, 15) is 19.5 Å². The largest absolute Gasteiger partial charge is 0.488 e. The average molecular weight is 398 g/mol. The second-order valence-electron chi connectivity index (χ2n) is 6.66. The molecule has 0 aliphatic rings. The van der Waals surface area contributed by atoms with Crippen molar-refractivity contribution in [3.8, 4) is 0 Å². The molecule has 0 heterocycles. The molecule has 0 bridgehead atoms. The molecule has 0 aromatic heterocycles. The van der Waals surface area contributed by atoms with Crippen LogP contribution >= 0.6 is 0 Å². The van der Waals surface area contributed by atoms with E-state index < -0.39 is 37.0 Å². The monoisotopic (exact) mass is 398 g/mol. The van der Waals surface area contributed by atoms with Crippen molar-refractivity contribution in [3.63, 3.8) is 0 Å². The normalized spacial score (nSPS) is 12.5. The molecule has 2 aromatic carbocycles. The third kappa shape index (κ3) is 7.06. The van der Waals surface area contributed by atoms with Gasteiger partial charge in [0.1, 0.15) is 12.1 Å². The number of nitrogens with one attached hydrogen (secondary N) is 2. The smallest absolute Gasteiger partial charge is 0.480 e. The Hall–Kier alpha value is -3.17. The Kier molecular flexibility index (Phi) is 7.93. The molecule has 0 unspecified atom stereocenters. The maximum Gasteiger partial charge on any atom is 0.488 e. The third-order valence-electron chi connectivity index (χ3n) is 4.31. The van der Waals surface area contributed by atoms with Crippen molar-refractivity contribution in [2.75, 3.05) is 0 Å². The molecular formula is C20H23BN2O6. The van der Waals surface area contributed by atoms with Gasteiger partial charge in [0.15, 0.2) is 0 Å². The quantitative estimate of drug-likeness (QED) is 0.352. The SMILES string of the molecule is CC(=O)N[C@@H](Cc1ccc(B(O)O)cc1)C(=O)N[C@@H](Cc1ccccc1)C(=O)O. The number of rotatable bonds is 9. The topological polar surface area (TPSA) is 136 Å². The summed E-state index contributed by atoms with van der Waals surface area (Å²) in [5, 5.41) is 32.8. The van der Waals surface area contributed by atoms with Crippen molar-refractivity contribution in [2.45, 2.75) is 31.8 Å². The predicted molar refractivity (Wildman–Crippen MR) is 107 cm³/mol. The number of carbonyl (C=O) groups is 3. The molecule has 2 aromatic rings. The summed E-state index contributed by atoms with van der Waals surface area (Å²) in [5.74, 6) is -2.22. The fourth-order valence-corrected chi connectivity index (χ4v) is 2.84. The summed E-state index contributed by atoms with van der Waals surface area (Å²) in [4.78, 5) is 35.8. The Bertz CT molecular complexity index is 842. The van der Waals surface area contributed by atoms with E-state index in [0.29, 0.717) is 11.0 Å². The van der Waals surface area contributed by atoms with Crippen LogP contribution in [-0.2, 0) is 27.2 Å². The zero-order valence-corrected chi connectivity index (χ0v) is 15.9. The lowest BCUT2D eigenvalue weighted by atomic mass is 9.80. The maximum absolute atomic E-state index is 12.7. The van der Waals surface area contributed by atoms with E-state index in [1.807, 2.05) is 6.07 Å². The highest BCUT2D eigenvalue weighted by Gasteiger charge is 2.26. The lowest BCUT2D eigenvalue weighted by Crippen LogP contribution is -2.52. The molecule has 2 rings (SSSR count). The van der Waals surface area contributed by atoms with Crippen molar-refractivity contribution in [1.82, 2.24) is 10.6 Å². The van der Waals surface area contributed by atoms with Crippen LogP contribution in [0.15, 0.2) is 54.6 Å². The molecule has 0 saturated heterocycles. The van der Waals surface area contributed by atoms with Gasteiger partial charge in [-0.05, 0) is 16.6 Å². The van der Waals surface area contributed by atoms with Crippen LogP contribution in [0.2, 0.25) is 0 Å². The van der Waals surface area contributed by atoms with Gasteiger partial charge in [-0.15, -0.1) is 0 Å². The van der Waals surface area contributed by atoms with Crippen molar-refractivity contribution in [2.24, 2.45) is 0 Å². The molecule has 0 radical (unpaired) electrons. The Morgan fingerprint density at radius 3 is 1.93 bits per heavy atom. The number of hydrogen-bond acceptors (Lipinski definition) is 5. The highest BCUT2D eigenvalue weighted by atomic mass is 16.4. The summed E-state index contributed by atoms with van der Waals surface area (Å²) >= 11 is 0. The van der Waals surface area contributed by atoms with Crippen LogP contribution < -0.4 is 16.1 Å². The second kappa shape index (κ2) is 10.4. The van der Waals surface area contributed by atoms with Crippen LogP contribution in [0.3, 0.4) is 0 Å². The molecule has 2 amide bonds. The number of carboxylic acid groups (broad SMARTS) is 1. The number of benzene rings is 2. The summed E-state index contributed by atoms with van der Waals surface area (Å²) < 4.78 is 0. The van der Waals surface area contributed by atoms with Crippen molar-refractivity contribution in [3.05, 3.63) is 65.7 Å². The Morgan fingerprint density at radius 2 is 1.41 bits per heavy atom. The minimum Gasteiger partial charge on any atom is -0.480 e. The molecular weight excluding hydrogens is 375 g/mol. The van der Waals surface area contributed by atoms with Gasteiger partial charge >= 0.3 is 13.1 Å². The van der Waals surface area contributed by atoms with Crippen LogP contribution in [0.4, 0.5) is 0 Å². The number of carboxylic acids is 1. The fourth-order valence-electron chi connectivity index (χ4n) is 2.84. The minimum absolute atomic E-state index is 0.109. The molecule has 29 heavy (non-hydrogen) atoms. The first-order chi connectivity index (χ1) is 13.8. The van der Waals surface area contributed by atoms with Crippen molar-refractivity contribution < 1.29 is 29.5 Å². The highest BCUT2D eigenvalue weighted by Crippen LogP contribution is 2.07. The maximum atomic E-state index is 12.7. The lowest BCUT2D eigenvalue weighted by Gasteiger charge is -2.21. The van der Waals surface area contributed by atoms with Crippen LogP contribution in [0.25, 0.3) is 0 Å². The van der Waals surface area contributed by atoms with E-state index >= 15 is 0 Å². The van der Waals surface area contributed by atoms with E-state index in [1.54, 1.807) is 36.4 Å². The van der Waals surface area contributed by atoms with Crippen LogP contribution in [-0.4, -0.2) is 52.1 Å². The van der Waals surface area contributed by atoms with Crippen molar-refractivity contribution in [1.29, 1.82) is 0 Å². The van der Waals surface area contributed by atoms with E-state index in [4.69, 9.17) is 10.0 Å². The summed E-state index contributed by atoms with van der Waals surface area (Å²) in [6, 6.07) is 13.0. The van der Waals surface area contributed by atoms with Crippen LogP contribution in [0.1, 0.15) is 18.1 Å². The molecule has 0 fully saturated rings. The van der Waals surface area contributed by atoms with Gasteiger partial charge in [-0.1, -0.05) is 54.6 Å². The Balaban J connectivity index is 2.11. The summed E-state index contributed by atoms with van der Waals surface area (Å²) in [7, 11) is -1.60. The molecule has 5 N–H and O–H groups in total. The number of carbonyl (C=O) groups excluding carboxylic acids is 2. The van der Waals surface area contributed by atoms with Gasteiger partial charge < -0.3 is 25.8 Å². The van der Waals surface area contributed by atoms with Gasteiger partial charge in [-0.25, -0.2) is 4.79 Å². The van der Waals surface area contributed by atoms with Crippen LogP contribution in [0.5, 0.6) is 0 Å². The first-order valence-electron chi connectivity index (χ1n) is 9.05. The number of aliphatic carboxylic acids is 1. The van der Waals surface area contributed by atoms with Gasteiger partial charge in [0, 0.05) is 19.8 Å². The molecule has 2 atom stereocenters. The van der Waals surface area contributed by atoms with Crippen molar-refractivity contribution >= 4 is 30.4 Å². The fraction of sp³-hybridized carbons (Fsp3) is 0.250. The summed E-state index contributed by atoms with van der Waals surface area (Å²) in [5.41, 5.74) is 1.72. The van der Waals surface area contributed by atoms with E-state index in [0.717, 1.165) is 5.56 Å². The highest BCUT2D eigenvalue weighted by molar-refractivity contribution is 6.58. The molecule has 9 heteroatoms. The standard InChI is InChI=1S/C20H23BN2O6/c1-13(24)22-17(11-15-7-9-16(10-8-15)21(28)29)19(25)23-18(20(26)27)12-14-5-3-2-4-6-14/h2-10,17-18,28-29H,11-12H2,1H3,(H,22,24)(H,23,25)(H,26,27)/t17-,18-/m0/s1. The molecule has 0 aliphatic carbocycles. The molecule has 152 valence electrons. The van der Waals surface area contributed by atoms with Crippen LogP contribution in [0, 0.1) is 0 Å². The molecule has 0 saturated carbocycles. The summed E-state index contributed by atoms with van der Waals surface area (Å²) in [6.07, 6.45) is 0.225. The number of hydrogen-bond donors (Lipinski definition) is 5. The van der Waals surface area contributed by atoms with E-state index in [-0.39, 0.29) is 12.8 Å². The van der Waals surface area contributed by atoms with Gasteiger partial charge in [0.2, 0.25) is 11.8 Å². The van der Waals surface area contributed by atoms with E-state index in [2.05, 4.69) is 10.6 Å². The van der Waals surface area contributed by atoms with Gasteiger partial charge in [0.25, 0.3) is 0 Å². The zero-order valence-electron chi connectivity index (χ0n) is 15.9. The average Bonchev–Trinajstić information content (AvgIpc) is 2.67. The number of amides is 2. The second-order valence-corrected chi connectivity index (χ2v) is 6.66. The Morgan fingerprint density at radius 1 is 0.862 bits per heavy atom.